The van der Waals surface area contributed by atoms with E-state index in [1.807, 2.05) is 6.92 Å². The Hall–Kier alpha value is -0.350. The first kappa shape index (κ1) is 32.8. The summed E-state index contributed by atoms with van der Waals surface area (Å²) in [6.45, 7) is 12.1. The van der Waals surface area contributed by atoms with Crippen LogP contribution in [0.3, 0.4) is 0 Å². The monoisotopic (exact) mass is 503 g/mol. The van der Waals surface area contributed by atoms with Crippen molar-refractivity contribution in [3.8, 4) is 0 Å². The van der Waals surface area contributed by atoms with Crippen LogP contribution in [-0.2, 0) is 9.53 Å². The molecule has 0 aromatic rings. The van der Waals surface area contributed by atoms with Crippen LogP contribution in [0.2, 0.25) is 0 Å². The van der Waals surface area contributed by atoms with Crippen molar-refractivity contribution in [1.82, 2.24) is 0 Å². The molecule has 0 radical (unpaired) electrons. The average Bonchev–Trinajstić information content (AvgIpc) is 2.73. The normalized spacial score (nSPS) is 13.8. The van der Waals surface area contributed by atoms with Crippen molar-refractivity contribution in [3.63, 3.8) is 0 Å². The summed E-state index contributed by atoms with van der Waals surface area (Å²) < 4.78 is 6.33. The third-order valence-corrected chi connectivity index (χ3v) is 6.59. The zero-order valence-electron chi connectivity index (χ0n) is 21.4. The molecule has 0 aliphatic rings. The fourth-order valence-corrected chi connectivity index (χ4v) is 4.35. The first-order chi connectivity index (χ1) is 14.5. The van der Waals surface area contributed by atoms with Crippen LogP contribution in [0.25, 0.3) is 0 Å². The van der Waals surface area contributed by atoms with Crippen molar-refractivity contribution in [3.05, 3.63) is 12.7 Å². The molecule has 3 nitrogen and oxygen atoms in total. The molecule has 0 amide bonds. The number of hydrogen-bond acceptors (Lipinski definition) is 2. The van der Waals surface area contributed by atoms with Gasteiger partial charge >= 0.3 is 5.97 Å². The predicted octanol–water partition coefficient (Wildman–Crippen LogP) is 5.18. The third kappa shape index (κ3) is 18.9. The second-order valence-corrected chi connectivity index (χ2v) is 9.47. The highest BCUT2D eigenvalue weighted by molar-refractivity contribution is 5.81. The molecular weight excluding hydrogens is 450 g/mol. The molecule has 0 bridgehead atoms. The van der Waals surface area contributed by atoms with E-state index in [1.54, 1.807) is 0 Å². The van der Waals surface area contributed by atoms with Crippen molar-refractivity contribution >= 4 is 5.97 Å². The quantitative estimate of drug-likeness (QED) is 0.0668. The number of carbonyl (C=O) groups excluding carboxylic acids is 1. The lowest BCUT2D eigenvalue weighted by Crippen LogP contribution is -3.00. The lowest BCUT2D eigenvalue weighted by Gasteiger charge is -2.38. The summed E-state index contributed by atoms with van der Waals surface area (Å²) in [7, 11) is 2.22. The summed E-state index contributed by atoms with van der Waals surface area (Å²) in [6.07, 6.45) is 24.6. The molecule has 0 aliphatic carbocycles. The molecule has 0 aromatic heterocycles. The molecule has 0 saturated heterocycles. The highest BCUT2D eigenvalue weighted by atomic mass is 79.9. The largest absolute Gasteiger partial charge is 1.00 e. The minimum Gasteiger partial charge on any atom is -1.00 e. The predicted molar refractivity (Wildman–Crippen MR) is 132 cm³/mol. The van der Waals surface area contributed by atoms with Gasteiger partial charge in [-0.25, -0.2) is 4.79 Å². The number of halogens is 1. The molecule has 2 atom stereocenters. The standard InChI is InChI=1S/C27H54NO2.BrH/c1-6-9-10-11-12-13-14-15-16-17-18-19-20-21-22-23-25-28(5,24-7-2)26(4)30-27(29)8-3;/h8,26H,3,6-7,9-25H2,1-2,4-5H3;1H/q+1;/p-1. The molecule has 0 rings (SSSR count). The van der Waals surface area contributed by atoms with E-state index in [9.17, 15) is 4.79 Å². The highest BCUT2D eigenvalue weighted by Crippen LogP contribution is 2.17. The molecule has 4 heteroatoms. The van der Waals surface area contributed by atoms with E-state index in [4.69, 9.17) is 4.74 Å². The lowest BCUT2D eigenvalue weighted by molar-refractivity contribution is -0.950. The first-order valence-electron chi connectivity index (χ1n) is 13.2. The van der Waals surface area contributed by atoms with Crippen molar-refractivity contribution in [2.45, 2.75) is 136 Å². The highest BCUT2D eigenvalue weighted by Gasteiger charge is 2.30. The first-order valence-corrected chi connectivity index (χ1v) is 13.2. The molecule has 0 aliphatic heterocycles. The molecule has 0 fully saturated rings. The summed E-state index contributed by atoms with van der Waals surface area (Å²) in [5, 5.41) is 0. The minimum atomic E-state index is -0.310. The second-order valence-electron chi connectivity index (χ2n) is 9.47. The Balaban J connectivity index is 0. The van der Waals surface area contributed by atoms with Crippen LogP contribution >= 0.6 is 0 Å². The topological polar surface area (TPSA) is 26.3 Å². The van der Waals surface area contributed by atoms with Gasteiger partial charge in [0.05, 0.1) is 20.1 Å². The zero-order chi connectivity index (χ0) is 22.5. The number of unbranched alkanes of at least 4 members (excludes halogenated alkanes) is 15. The Bertz CT molecular complexity index is 416. The SMILES string of the molecule is C=CC(=O)OC(C)[N+](C)(CCC)CCCCCCCCCCCCCCCCCC.[Br-]. The van der Waals surface area contributed by atoms with Gasteiger partial charge in [0.1, 0.15) is 0 Å². The summed E-state index contributed by atoms with van der Waals surface area (Å²) in [6, 6.07) is 0. The van der Waals surface area contributed by atoms with Crippen molar-refractivity contribution in [2.75, 3.05) is 20.1 Å². The molecule has 31 heavy (non-hydrogen) atoms. The van der Waals surface area contributed by atoms with Crippen molar-refractivity contribution < 1.29 is 31.0 Å². The number of rotatable bonds is 22. The van der Waals surface area contributed by atoms with Crippen molar-refractivity contribution in [2.24, 2.45) is 0 Å². The number of quaternary nitrogens is 1. The van der Waals surface area contributed by atoms with E-state index in [-0.39, 0.29) is 29.2 Å². The lowest BCUT2D eigenvalue weighted by atomic mass is 10.0. The number of ether oxygens (including phenoxy) is 1. The summed E-state index contributed by atoms with van der Waals surface area (Å²) in [4.78, 5) is 11.5. The fraction of sp³-hybridized carbons (Fsp3) is 0.889. The van der Waals surface area contributed by atoms with Crippen LogP contribution in [0, 0.1) is 0 Å². The van der Waals surface area contributed by atoms with E-state index >= 15 is 0 Å². The maximum Gasteiger partial charge on any atom is 0.334 e. The Morgan fingerprint density at radius 2 is 1.13 bits per heavy atom. The molecule has 0 N–H and O–H groups in total. The van der Waals surface area contributed by atoms with E-state index in [0.29, 0.717) is 0 Å². The van der Waals surface area contributed by atoms with Gasteiger partial charge in [0, 0.05) is 13.0 Å². The van der Waals surface area contributed by atoms with Gasteiger partial charge in [-0.15, -0.1) is 0 Å². The van der Waals surface area contributed by atoms with Crippen LogP contribution in [0.4, 0.5) is 0 Å². The van der Waals surface area contributed by atoms with Crippen LogP contribution in [0.5, 0.6) is 0 Å². The van der Waals surface area contributed by atoms with Gasteiger partial charge < -0.3 is 21.7 Å². The number of esters is 1. The summed E-state index contributed by atoms with van der Waals surface area (Å²) in [5.74, 6) is -0.310. The van der Waals surface area contributed by atoms with Crippen LogP contribution in [0.1, 0.15) is 130 Å². The van der Waals surface area contributed by atoms with E-state index in [0.717, 1.165) is 24.0 Å². The minimum absolute atomic E-state index is 0. The van der Waals surface area contributed by atoms with Gasteiger partial charge in [0.25, 0.3) is 0 Å². The average molecular weight is 505 g/mol. The van der Waals surface area contributed by atoms with E-state index in [1.165, 1.54) is 109 Å². The van der Waals surface area contributed by atoms with Gasteiger partial charge in [0.15, 0.2) is 0 Å². The second kappa shape index (κ2) is 22.8. The van der Waals surface area contributed by atoms with Crippen LogP contribution in [0.15, 0.2) is 12.7 Å². The van der Waals surface area contributed by atoms with Crippen LogP contribution < -0.4 is 17.0 Å². The smallest absolute Gasteiger partial charge is 0.334 e. The van der Waals surface area contributed by atoms with E-state index < -0.39 is 0 Å². The third-order valence-electron chi connectivity index (χ3n) is 6.59. The molecule has 0 spiro atoms. The molecule has 2 unspecified atom stereocenters. The van der Waals surface area contributed by atoms with Gasteiger partial charge in [-0.1, -0.05) is 110 Å². The molecule has 0 aromatic carbocycles. The summed E-state index contributed by atoms with van der Waals surface area (Å²) >= 11 is 0. The maximum atomic E-state index is 11.5. The number of hydrogen-bond donors (Lipinski definition) is 0. The molecule has 0 saturated carbocycles. The molecule has 0 heterocycles. The Morgan fingerprint density at radius 3 is 1.48 bits per heavy atom. The maximum absolute atomic E-state index is 11.5. The molecule has 186 valence electrons. The fourth-order valence-electron chi connectivity index (χ4n) is 4.35. The van der Waals surface area contributed by atoms with Gasteiger partial charge in [-0.3, -0.25) is 4.48 Å². The Kier molecular flexibility index (Phi) is 24.2. The van der Waals surface area contributed by atoms with Crippen LogP contribution in [-0.4, -0.2) is 36.8 Å². The van der Waals surface area contributed by atoms with Gasteiger partial charge in [0.2, 0.25) is 6.23 Å². The Labute approximate surface area is 205 Å². The van der Waals surface area contributed by atoms with Gasteiger partial charge in [-0.2, -0.15) is 0 Å². The van der Waals surface area contributed by atoms with Crippen molar-refractivity contribution in [1.29, 1.82) is 0 Å². The number of nitrogens with zero attached hydrogens (tertiary/aromatic N) is 1. The van der Waals surface area contributed by atoms with E-state index in [2.05, 4.69) is 27.5 Å². The van der Waals surface area contributed by atoms with Gasteiger partial charge in [-0.05, 0) is 19.3 Å². The number of carbonyl (C=O) groups is 1. The summed E-state index contributed by atoms with van der Waals surface area (Å²) in [5.41, 5.74) is 0. The Morgan fingerprint density at radius 1 is 0.742 bits per heavy atom. The molecular formula is C27H54BrNO2. The zero-order valence-corrected chi connectivity index (χ0v) is 23.0.